The van der Waals surface area contributed by atoms with Crippen LogP contribution in [-0.4, -0.2) is 25.0 Å². The Balaban J connectivity index is 1.66. The summed E-state index contributed by atoms with van der Waals surface area (Å²) < 4.78 is 5.88. The van der Waals surface area contributed by atoms with Crippen LogP contribution in [0.4, 0.5) is 5.69 Å². The molecular weight excluding hydrogens is 282 g/mol. The first-order valence-electron chi connectivity index (χ1n) is 7.10. The number of ether oxygens (including phenoxy) is 1. The summed E-state index contributed by atoms with van der Waals surface area (Å²) in [6, 6.07) is 12.0. The van der Waals surface area contributed by atoms with E-state index in [9.17, 15) is 0 Å². The van der Waals surface area contributed by atoms with Crippen LogP contribution >= 0.6 is 11.3 Å². The minimum Gasteiger partial charge on any atom is -0.383 e. The predicted molar refractivity (Wildman–Crippen MR) is 87.2 cm³/mol. The Morgan fingerprint density at radius 1 is 1.38 bits per heavy atom. The summed E-state index contributed by atoms with van der Waals surface area (Å²) in [6.07, 6.45) is 1.41. The average molecular weight is 301 g/mol. The number of hydrogen-bond acceptors (Lipinski definition) is 4. The van der Waals surface area contributed by atoms with Crippen LogP contribution in [-0.2, 0) is 11.3 Å². The second-order valence-corrected chi connectivity index (χ2v) is 6.02. The van der Waals surface area contributed by atoms with Crippen molar-refractivity contribution in [1.82, 2.24) is 5.32 Å². The molecule has 1 atom stereocenters. The summed E-state index contributed by atoms with van der Waals surface area (Å²) >= 11 is 1.59. The maximum absolute atomic E-state index is 6.02. The number of nitrogens with one attached hydrogen (secondary N) is 1. The molecule has 1 fully saturated rings. The Kier molecular flexibility index (Phi) is 4.65. The van der Waals surface area contributed by atoms with Crippen LogP contribution in [0, 0.1) is 0 Å². The molecule has 0 saturated carbocycles. The summed E-state index contributed by atoms with van der Waals surface area (Å²) in [6.45, 7) is 2.62. The highest BCUT2D eigenvalue weighted by atomic mass is 32.1. The molecule has 0 amide bonds. The molecule has 3 rings (SSSR count). The fraction of sp³-hybridized carbons (Fsp3) is 0.312. The van der Waals surface area contributed by atoms with Gasteiger partial charge in [0.25, 0.3) is 0 Å². The van der Waals surface area contributed by atoms with Gasteiger partial charge in [-0.2, -0.15) is 0 Å². The number of benzene rings is 1. The van der Waals surface area contributed by atoms with Crippen molar-refractivity contribution in [3.63, 3.8) is 0 Å². The third kappa shape index (κ3) is 3.91. The van der Waals surface area contributed by atoms with Gasteiger partial charge in [-0.25, -0.2) is 4.99 Å². The van der Waals surface area contributed by atoms with E-state index in [-0.39, 0.29) is 0 Å². The number of amidine groups is 1. The van der Waals surface area contributed by atoms with E-state index in [1.165, 1.54) is 0 Å². The number of aliphatic imine (C=N–C) groups is 1. The van der Waals surface area contributed by atoms with Gasteiger partial charge >= 0.3 is 0 Å². The second kappa shape index (κ2) is 6.85. The van der Waals surface area contributed by atoms with E-state index < -0.39 is 0 Å². The number of nitrogens with zero attached hydrogens (tertiary/aromatic N) is 1. The molecule has 1 saturated heterocycles. The summed E-state index contributed by atoms with van der Waals surface area (Å²) in [5.41, 5.74) is 8.01. The second-order valence-electron chi connectivity index (χ2n) is 5.07. The zero-order valence-corrected chi connectivity index (χ0v) is 12.6. The van der Waals surface area contributed by atoms with Gasteiger partial charge in [0.1, 0.15) is 5.84 Å². The molecule has 21 heavy (non-hydrogen) atoms. The number of rotatable bonds is 5. The summed E-state index contributed by atoms with van der Waals surface area (Å²) in [5, 5.41) is 5.30. The standard InChI is InChI=1S/C16H19N3OS/c17-16(15-5-2-8-21-15)19-13-4-1-3-12(9-13)11-20-14-6-7-18-10-14/h1-5,8-9,14,18H,6-7,10-11H2,(H2,17,19)/t14-/m1/s1. The molecule has 110 valence electrons. The van der Waals surface area contributed by atoms with Crippen LogP contribution in [0.15, 0.2) is 46.8 Å². The first kappa shape index (κ1) is 14.3. The van der Waals surface area contributed by atoms with Crippen molar-refractivity contribution >= 4 is 22.9 Å². The maximum atomic E-state index is 6.02. The lowest BCUT2D eigenvalue weighted by Gasteiger charge is -2.10. The predicted octanol–water partition coefficient (Wildman–Crippen LogP) is 2.66. The van der Waals surface area contributed by atoms with Crippen LogP contribution in [0.1, 0.15) is 16.9 Å². The average Bonchev–Trinajstić information content (AvgIpc) is 3.19. The van der Waals surface area contributed by atoms with Gasteiger partial charge in [0.05, 0.1) is 23.3 Å². The van der Waals surface area contributed by atoms with Gasteiger partial charge in [-0.3, -0.25) is 0 Å². The highest BCUT2D eigenvalue weighted by Crippen LogP contribution is 2.18. The Labute approximate surface area is 128 Å². The minimum atomic E-state index is 0.327. The van der Waals surface area contributed by atoms with Gasteiger partial charge < -0.3 is 15.8 Å². The lowest BCUT2D eigenvalue weighted by atomic mass is 10.2. The van der Waals surface area contributed by atoms with Crippen LogP contribution in [0.3, 0.4) is 0 Å². The molecule has 3 N–H and O–H groups in total. The molecule has 1 aliphatic rings. The first-order chi connectivity index (χ1) is 10.3. The van der Waals surface area contributed by atoms with Crippen molar-refractivity contribution in [2.24, 2.45) is 10.7 Å². The van der Waals surface area contributed by atoms with Crippen molar-refractivity contribution in [1.29, 1.82) is 0 Å². The first-order valence-corrected chi connectivity index (χ1v) is 7.98. The van der Waals surface area contributed by atoms with E-state index in [1.807, 2.05) is 35.7 Å². The number of hydrogen-bond donors (Lipinski definition) is 2. The zero-order valence-electron chi connectivity index (χ0n) is 11.8. The molecule has 2 aromatic rings. The SMILES string of the molecule is NC(=Nc1cccc(CO[C@@H]2CCNC2)c1)c1cccs1. The molecule has 1 aromatic carbocycles. The molecule has 0 radical (unpaired) electrons. The van der Waals surface area contributed by atoms with Gasteiger partial charge in [0, 0.05) is 6.54 Å². The van der Waals surface area contributed by atoms with E-state index in [1.54, 1.807) is 11.3 Å². The lowest BCUT2D eigenvalue weighted by molar-refractivity contribution is 0.0542. The Hall–Kier alpha value is -1.69. The largest absolute Gasteiger partial charge is 0.383 e. The molecule has 1 aliphatic heterocycles. The van der Waals surface area contributed by atoms with E-state index in [2.05, 4.69) is 16.4 Å². The third-order valence-corrected chi connectivity index (χ3v) is 4.33. The van der Waals surface area contributed by atoms with Crippen molar-refractivity contribution in [3.8, 4) is 0 Å². The van der Waals surface area contributed by atoms with Gasteiger partial charge in [-0.15, -0.1) is 11.3 Å². The fourth-order valence-corrected chi connectivity index (χ4v) is 2.95. The maximum Gasteiger partial charge on any atom is 0.141 e. The Morgan fingerprint density at radius 2 is 2.33 bits per heavy atom. The van der Waals surface area contributed by atoms with E-state index in [0.717, 1.165) is 35.6 Å². The Morgan fingerprint density at radius 3 is 3.10 bits per heavy atom. The highest BCUT2D eigenvalue weighted by molar-refractivity contribution is 7.12. The topological polar surface area (TPSA) is 59.6 Å². The number of nitrogens with two attached hydrogens (primary N) is 1. The molecular formula is C16H19N3OS. The van der Waals surface area contributed by atoms with Crippen LogP contribution < -0.4 is 11.1 Å². The Bertz CT molecular complexity index is 604. The summed E-state index contributed by atoms with van der Waals surface area (Å²) in [4.78, 5) is 5.47. The minimum absolute atomic E-state index is 0.327. The van der Waals surface area contributed by atoms with Crippen molar-refractivity contribution in [3.05, 3.63) is 52.2 Å². The van der Waals surface area contributed by atoms with Gasteiger partial charge in [-0.05, 0) is 42.1 Å². The molecule has 1 aromatic heterocycles. The van der Waals surface area contributed by atoms with E-state index in [0.29, 0.717) is 18.5 Å². The molecule has 0 unspecified atom stereocenters. The van der Waals surface area contributed by atoms with Gasteiger partial charge in [0.2, 0.25) is 0 Å². The third-order valence-electron chi connectivity index (χ3n) is 3.43. The van der Waals surface area contributed by atoms with E-state index in [4.69, 9.17) is 10.5 Å². The smallest absolute Gasteiger partial charge is 0.141 e. The van der Waals surface area contributed by atoms with Crippen molar-refractivity contribution < 1.29 is 4.74 Å². The zero-order chi connectivity index (χ0) is 14.5. The van der Waals surface area contributed by atoms with Crippen molar-refractivity contribution in [2.45, 2.75) is 19.1 Å². The van der Waals surface area contributed by atoms with Gasteiger partial charge in [0.15, 0.2) is 0 Å². The monoisotopic (exact) mass is 301 g/mol. The molecule has 0 bridgehead atoms. The van der Waals surface area contributed by atoms with Crippen LogP contribution in [0.2, 0.25) is 0 Å². The summed E-state index contributed by atoms with van der Waals surface area (Å²) in [7, 11) is 0. The van der Waals surface area contributed by atoms with Crippen LogP contribution in [0.25, 0.3) is 0 Å². The molecule has 4 nitrogen and oxygen atoms in total. The van der Waals surface area contributed by atoms with E-state index >= 15 is 0 Å². The quantitative estimate of drug-likeness (QED) is 0.659. The fourth-order valence-electron chi connectivity index (χ4n) is 2.32. The summed E-state index contributed by atoms with van der Waals surface area (Å²) in [5.74, 6) is 0.558. The normalized spacial score (nSPS) is 19.0. The highest BCUT2D eigenvalue weighted by Gasteiger charge is 2.14. The van der Waals surface area contributed by atoms with Crippen LogP contribution in [0.5, 0.6) is 0 Å². The molecule has 0 spiro atoms. The molecule has 0 aliphatic carbocycles. The number of thiophene rings is 1. The van der Waals surface area contributed by atoms with Gasteiger partial charge in [-0.1, -0.05) is 18.2 Å². The lowest BCUT2D eigenvalue weighted by Crippen LogP contribution is -2.16. The van der Waals surface area contributed by atoms with Crippen molar-refractivity contribution in [2.75, 3.05) is 13.1 Å². The molecule has 5 heteroatoms. The molecule has 2 heterocycles.